The Labute approximate surface area is 135 Å². The summed E-state index contributed by atoms with van der Waals surface area (Å²) in [4.78, 5) is 2.40. The van der Waals surface area contributed by atoms with E-state index >= 15 is 0 Å². The highest BCUT2D eigenvalue weighted by Gasteiger charge is 2.12. The minimum Gasteiger partial charge on any atom is -0.369 e. The number of hydrogen-bond acceptors (Lipinski definition) is 4. The van der Waals surface area contributed by atoms with Crippen LogP contribution in [0.25, 0.3) is 11.0 Å². The van der Waals surface area contributed by atoms with Crippen molar-refractivity contribution >= 4 is 16.7 Å². The van der Waals surface area contributed by atoms with Crippen LogP contribution < -0.4 is 10.2 Å². The van der Waals surface area contributed by atoms with Gasteiger partial charge in [-0.3, -0.25) is 0 Å². The predicted octanol–water partition coefficient (Wildman–Crippen LogP) is 2.20. The van der Waals surface area contributed by atoms with Gasteiger partial charge in [0.25, 0.3) is 0 Å². The summed E-state index contributed by atoms with van der Waals surface area (Å²) < 4.78 is 1.97. The normalized spacial score (nSPS) is 15.3. The standard InChI is InChI=1S/C18H21N5/c1-14-2-4-15(5-3-14)13-23-18-7-6-16(12-17(18)20-21-23)22-10-8-19-9-11-22/h2-7,12,19H,8-11,13H2,1H3. The van der Waals surface area contributed by atoms with E-state index in [0.717, 1.165) is 43.8 Å². The van der Waals surface area contributed by atoms with Crippen molar-refractivity contribution in [2.24, 2.45) is 0 Å². The molecule has 2 heterocycles. The summed E-state index contributed by atoms with van der Waals surface area (Å²) in [6.45, 7) is 7.03. The number of nitrogens with one attached hydrogen (secondary N) is 1. The lowest BCUT2D eigenvalue weighted by Gasteiger charge is -2.29. The van der Waals surface area contributed by atoms with Crippen LogP contribution >= 0.6 is 0 Å². The van der Waals surface area contributed by atoms with Crippen molar-refractivity contribution in [3.63, 3.8) is 0 Å². The average Bonchev–Trinajstić information content (AvgIpc) is 3.00. The fraction of sp³-hybridized carbons (Fsp3) is 0.333. The lowest BCUT2D eigenvalue weighted by atomic mass is 10.1. The monoisotopic (exact) mass is 307 g/mol. The highest BCUT2D eigenvalue weighted by molar-refractivity contribution is 5.79. The summed E-state index contributed by atoms with van der Waals surface area (Å²) in [6.07, 6.45) is 0. The van der Waals surface area contributed by atoms with Crippen LogP contribution in [0.2, 0.25) is 0 Å². The molecule has 0 bridgehead atoms. The first kappa shape index (κ1) is 14.2. The van der Waals surface area contributed by atoms with Gasteiger partial charge >= 0.3 is 0 Å². The van der Waals surface area contributed by atoms with Crippen LogP contribution in [-0.4, -0.2) is 41.2 Å². The van der Waals surface area contributed by atoms with E-state index in [1.807, 2.05) is 4.68 Å². The van der Waals surface area contributed by atoms with Crippen LogP contribution in [0, 0.1) is 6.92 Å². The Bertz CT molecular complexity index is 800. The van der Waals surface area contributed by atoms with Gasteiger partial charge in [0.2, 0.25) is 0 Å². The third-order valence-corrected chi connectivity index (χ3v) is 4.43. The number of fused-ring (bicyclic) bond motifs is 1. The first-order chi connectivity index (χ1) is 11.3. The molecule has 1 N–H and O–H groups in total. The van der Waals surface area contributed by atoms with E-state index in [1.54, 1.807) is 0 Å². The van der Waals surface area contributed by atoms with Crippen molar-refractivity contribution in [2.75, 3.05) is 31.1 Å². The maximum atomic E-state index is 4.36. The van der Waals surface area contributed by atoms with E-state index in [2.05, 4.69) is 69.9 Å². The van der Waals surface area contributed by atoms with Gasteiger partial charge in [-0.2, -0.15) is 0 Å². The minimum absolute atomic E-state index is 0.754. The molecule has 1 fully saturated rings. The van der Waals surface area contributed by atoms with Crippen molar-refractivity contribution in [1.82, 2.24) is 20.3 Å². The largest absolute Gasteiger partial charge is 0.369 e. The number of anilines is 1. The molecule has 3 aromatic rings. The summed E-state index contributed by atoms with van der Waals surface area (Å²) in [7, 11) is 0. The Morgan fingerprint density at radius 1 is 1.04 bits per heavy atom. The van der Waals surface area contributed by atoms with Crippen molar-refractivity contribution in [3.05, 3.63) is 53.6 Å². The number of piperazine rings is 1. The van der Waals surface area contributed by atoms with Crippen LogP contribution in [0.5, 0.6) is 0 Å². The molecule has 0 aliphatic carbocycles. The van der Waals surface area contributed by atoms with E-state index in [-0.39, 0.29) is 0 Å². The summed E-state index contributed by atoms with van der Waals surface area (Å²) >= 11 is 0. The maximum Gasteiger partial charge on any atom is 0.115 e. The Morgan fingerprint density at radius 2 is 1.83 bits per heavy atom. The fourth-order valence-electron chi connectivity index (χ4n) is 3.06. The SMILES string of the molecule is Cc1ccc(Cn2nnc3cc(N4CCNCC4)ccc32)cc1. The maximum absolute atomic E-state index is 4.36. The van der Waals surface area contributed by atoms with Gasteiger partial charge < -0.3 is 10.2 Å². The van der Waals surface area contributed by atoms with Crippen molar-refractivity contribution in [2.45, 2.75) is 13.5 Å². The Morgan fingerprint density at radius 3 is 2.61 bits per heavy atom. The fourth-order valence-corrected chi connectivity index (χ4v) is 3.06. The third-order valence-electron chi connectivity index (χ3n) is 4.43. The number of hydrogen-bond donors (Lipinski definition) is 1. The second-order valence-corrected chi connectivity index (χ2v) is 6.14. The number of benzene rings is 2. The van der Waals surface area contributed by atoms with Gasteiger partial charge in [0.1, 0.15) is 5.52 Å². The molecule has 5 heteroatoms. The van der Waals surface area contributed by atoms with Crippen molar-refractivity contribution < 1.29 is 0 Å². The van der Waals surface area contributed by atoms with Crippen molar-refractivity contribution in [3.8, 4) is 0 Å². The molecular weight excluding hydrogens is 286 g/mol. The van der Waals surface area contributed by atoms with Crippen LogP contribution in [0.1, 0.15) is 11.1 Å². The van der Waals surface area contributed by atoms with Gasteiger partial charge in [-0.05, 0) is 30.7 Å². The molecule has 0 radical (unpaired) electrons. The summed E-state index contributed by atoms with van der Waals surface area (Å²) in [5, 5.41) is 12.1. The molecule has 1 aliphatic rings. The molecule has 1 aromatic heterocycles. The molecule has 118 valence electrons. The molecule has 5 nitrogen and oxygen atoms in total. The first-order valence-electron chi connectivity index (χ1n) is 8.14. The molecule has 0 saturated carbocycles. The van der Waals surface area contributed by atoms with Gasteiger partial charge in [-0.25, -0.2) is 4.68 Å². The van der Waals surface area contributed by atoms with Gasteiger partial charge in [-0.15, -0.1) is 5.10 Å². The van der Waals surface area contributed by atoms with E-state index in [4.69, 9.17) is 0 Å². The van der Waals surface area contributed by atoms with E-state index in [0.29, 0.717) is 0 Å². The van der Waals surface area contributed by atoms with E-state index in [9.17, 15) is 0 Å². The molecule has 1 aliphatic heterocycles. The second kappa shape index (κ2) is 6.01. The number of rotatable bonds is 3. The zero-order valence-electron chi connectivity index (χ0n) is 13.4. The molecule has 23 heavy (non-hydrogen) atoms. The zero-order valence-corrected chi connectivity index (χ0v) is 13.4. The molecule has 4 rings (SSSR count). The summed E-state index contributed by atoms with van der Waals surface area (Å²) in [6, 6.07) is 15.0. The number of aromatic nitrogens is 3. The van der Waals surface area contributed by atoms with Crippen LogP contribution in [-0.2, 0) is 6.54 Å². The van der Waals surface area contributed by atoms with Crippen molar-refractivity contribution in [1.29, 1.82) is 0 Å². The molecule has 0 atom stereocenters. The second-order valence-electron chi connectivity index (χ2n) is 6.14. The smallest absolute Gasteiger partial charge is 0.115 e. The van der Waals surface area contributed by atoms with Crippen LogP contribution in [0.15, 0.2) is 42.5 Å². The van der Waals surface area contributed by atoms with E-state index < -0.39 is 0 Å². The lowest BCUT2D eigenvalue weighted by molar-refractivity contribution is 0.589. The van der Waals surface area contributed by atoms with Gasteiger partial charge in [0.15, 0.2) is 0 Å². The van der Waals surface area contributed by atoms with E-state index in [1.165, 1.54) is 16.8 Å². The number of aryl methyl sites for hydroxylation is 1. The Kier molecular flexibility index (Phi) is 3.71. The number of nitrogens with zero attached hydrogens (tertiary/aromatic N) is 4. The molecular formula is C18H21N5. The Hall–Kier alpha value is -2.40. The predicted molar refractivity (Wildman–Crippen MR) is 92.9 cm³/mol. The molecule has 0 amide bonds. The summed E-state index contributed by atoms with van der Waals surface area (Å²) in [5.41, 5.74) is 5.81. The quantitative estimate of drug-likeness (QED) is 0.806. The van der Waals surface area contributed by atoms with Gasteiger partial charge in [0.05, 0.1) is 12.1 Å². The molecule has 0 spiro atoms. The molecule has 1 saturated heterocycles. The topological polar surface area (TPSA) is 46.0 Å². The average molecular weight is 307 g/mol. The third kappa shape index (κ3) is 2.92. The Balaban J connectivity index is 1.60. The first-order valence-corrected chi connectivity index (χ1v) is 8.14. The highest BCUT2D eigenvalue weighted by atomic mass is 15.4. The van der Waals surface area contributed by atoms with Gasteiger partial charge in [0, 0.05) is 31.9 Å². The minimum atomic E-state index is 0.754. The lowest BCUT2D eigenvalue weighted by Crippen LogP contribution is -2.43. The molecule has 0 unspecified atom stereocenters. The van der Waals surface area contributed by atoms with Crippen LogP contribution in [0.4, 0.5) is 5.69 Å². The zero-order chi connectivity index (χ0) is 15.6. The van der Waals surface area contributed by atoms with Gasteiger partial charge in [-0.1, -0.05) is 35.0 Å². The summed E-state index contributed by atoms with van der Waals surface area (Å²) in [5.74, 6) is 0. The van der Waals surface area contributed by atoms with Crippen LogP contribution in [0.3, 0.4) is 0 Å². The molecule has 2 aromatic carbocycles. The highest BCUT2D eigenvalue weighted by Crippen LogP contribution is 2.21.